The van der Waals surface area contributed by atoms with Gasteiger partial charge in [-0.15, -0.1) is 0 Å². The van der Waals surface area contributed by atoms with Gasteiger partial charge in [-0.1, -0.05) is 6.58 Å². The molecule has 1 aliphatic rings. The maximum Gasteiger partial charge on any atom is 0.126 e. The highest BCUT2D eigenvalue weighted by Gasteiger charge is 2.10. The predicted octanol–water partition coefficient (Wildman–Crippen LogP) is 3.11. The summed E-state index contributed by atoms with van der Waals surface area (Å²) in [7, 11) is 1.77. The van der Waals surface area contributed by atoms with E-state index in [-0.39, 0.29) is 0 Å². The molecular formula is C12H19NO. The third kappa shape index (κ3) is 3.02. The largest absolute Gasteiger partial charge is 0.493 e. The molecule has 0 saturated carbocycles. The van der Waals surface area contributed by atoms with Crippen molar-refractivity contribution < 1.29 is 4.74 Å². The Bertz CT molecular complexity index is 263. The standard InChI is InChI=1S/C12H19NO/c1-10-7-5-4-6-8-14-12(10)11(2)9-13-3/h9H,1,4-8H2,2-3H3/b12-11+,13-9-. The third-order valence-corrected chi connectivity index (χ3v) is 2.37. The van der Waals surface area contributed by atoms with Gasteiger partial charge >= 0.3 is 0 Å². The molecule has 1 heterocycles. The first kappa shape index (κ1) is 11.0. The van der Waals surface area contributed by atoms with Crippen LogP contribution in [0.1, 0.15) is 32.6 Å². The van der Waals surface area contributed by atoms with Gasteiger partial charge in [-0.25, -0.2) is 0 Å². The van der Waals surface area contributed by atoms with Crippen LogP contribution in [0.4, 0.5) is 0 Å². The van der Waals surface area contributed by atoms with E-state index in [1.165, 1.54) is 12.8 Å². The average molecular weight is 193 g/mol. The van der Waals surface area contributed by atoms with Gasteiger partial charge in [0.05, 0.1) is 6.61 Å². The minimum Gasteiger partial charge on any atom is -0.493 e. The Hall–Kier alpha value is -1.05. The Balaban J connectivity index is 2.80. The number of rotatable bonds is 1. The summed E-state index contributed by atoms with van der Waals surface area (Å²) in [6, 6.07) is 0. The molecule has 0 radical (unpaired) electrons. The van der Waals surface area contributed by atoms with E-state index in [0.717, 1.165) is 36.4 Å². The highest BCUT2D eigenvalue weighted by molar-refractivity contribution is 5.79. The maximum absolute atomic E-state index is 5.70. The summed E-state index contributed by atoms with van der Waals surface area (Å²) < 4.78 is 5.70. The van der Waals surface area contributed by atoms with Crippen LogP contribution in [0.3, 0.4) is 0 Å². The van der Waals surface area contributed by atoms with Crippen molar-refractivity contribution >= 4 is 6.21 Å². The fourth-order valence-electron chi connectivity index (χ4n) is 1.65. The molecular weight excluding hydrogens is 174 g/mol. The molecule has 14 heavy (non-hydrogen) atoms. The molecule has 0 atom stereocenters. The quantitative estimate of drug-likeness (QED) is 0.586. The van der Waals surface area contributed by atoms with Crippen LogP contribution in [0.25, 0.3) is 0 Å². The van der Waals surface area contributed by atoms with Crippen molar-refractivity contribution in [3.8, 4) is 0 Å². The monoisotopic (exact) mass is 193 g/mol. The van der Waals surface area contributed by atoms with Gasteiger partial charge in [0.15, 0.2) is 0 Å². The zero-order valence-electron chi connectivity index (χ0n) is 9.18. The summed E-state index contributed by atoms with van der Waals surface area (Å²) in [5.41, 5.74) is 2.20. The molecule has 2 heteroatoms. The van der Waals surface area contributed by atoms with Crippen molar-refractivity contribution in [1.29, 1.82) is 0 Å². The fraction of sp³-hybridized carbons (Fsp3) is 0.583. The molecule has 78 valence electrons. The molecule has 0 amide bonds. The lowest BCUT2D eigenvalue weighted by atomic mass is 10.0. The first-order valence-corrected chi connectivity index (χ1v) is 5.19. The van der Waals surface area contributed by atoms with Gasteiger partial charge in [-0.05, 0) is 38.2 Å². The van der Waals surface area contributed by atoms with E-state index in [0.29, 0.717) is 0 Å². The number of allylic oxidation sites excluding steroid dienone is 2. The van der Waals surface area contributed by atoms with E-state index in [1.54, 1.807) is 7.05 Å². The van der Waals surface area contributed by atoms with E-state index in [9.17, 15) is 0 Å². The van der Waals surface area contributed by atoms with Crippen LogP contribution >= 0.6 is 0 Å². The Morgan fingerprint density at radius 3 is 2.93 bits per heavy atom. The highest BCUT2D eigenvalue weighted by atomic mass is 16.5. The lowest BCUT2D eigenvalue weighted by molar-refractivity contribution is 0.202. The summed E-state index contributed by atoms with van der Waals surface area (Å²) in [6.07, 6.45) is 6.50. The molecule has 0 aromatic heterocycles. The second-order valence-corrected chi connectivity index (χ2v) is 3.66. The zero-order chi connectivity index (χ0) is 10.4. The van der Waals surface area contributed by atoms with Crippen molar-refractivity contribution in [3.63, 3.8) is 0 Å². The van der Waals surface area contributed by atoms with E-state index in [1.807, 2.05) is 13.1 Å². The van der Waals surface area contributed by atoms with Gasteiger partial charge < -0.3 is 4.74 Å². The van der Waals surface area contributed by atoms with Crippen LogP contribution in [0.2, 0.25) is 0 Å². The third-order valence-electron chi connectivity index (χ3n) is 2.37. The van der Waals surface area contributed by atoms with Crippen LogP contribution in [0.5, 0.6) is 0 Å². The lowest BCUT2D eigenvalue weighted by Gasteiger charge is -2.17. The minimum absolute atomic E-state index is 0.809. The van der Waals surface area contributed by atoms with Gasteiger partial charge in [-0.2, -0.15) is 0 Å². The molecule has 0 aliphatic carbocycles. The second kappa shape index (κ2) is 5.63. The smallest absolute Gasteiger partial charge is 0.126 e. The van der Waals surface area contributed by atoms with Crippen LogP contribution < -0.4 is 0 Å². The summed E-state index contributed by atoms with van der Waals surface area (Å²) in [5.74, 6) is 0.954. The molecule has 0 aromatic carbocycles. The molecule has 1 saturated heterocycles. The van der Waals surface area contributed by atoms with E-state index < -0.39 is 0 Å². The van der Waals surface area contributed by atoms with Gasteiger partial charge in [0.25, 0.3) is 0 Å². The summed E-state index contributed by atoms with van der Waals surface area (Å²) in [6.45, 7) is 6.89. The molecule has 1 rings (SSSR count). The second-order valence-electron chi connectivity index (χ2n) is 3.66. The predicted molar refractivity (Wildman–Crippen MR) is 60.7 cm³/mol. The maximum atomic E-state index is 5.70. The van der Waals surface area contributed by atoms with Crippen LogP contribution in [-0.2, 0) is 4.74 Å². The fourth-order valence-corrected chi connectivity index (χ4v) is 1.65. The number of nitrogens with zero attached hydrogens (tertiary/aromatic N) is 1. The number of hydrogen-bond acceptors (Lipinski definition) is 2. The first-order valence-electron chi connectivity index (χ1n) is 5.19. The Kier molecular flexibility index (Phi) is 4.44. The number of ether oxygens (including phenoxy) is 1. The zero-order valence-corrected chi connectivity index (χ0v) is 9.18. The minimum atomic E-state index is 0.809. The van der Waals surface area contributed by atoms with Gasteiger partial charge in [-0.3, -0.25) is 4.99 Å². The summed E-state index contributed by atoms with van der Waals surface area (Å²) >= 11 is 0. The molecule has 0 aromatic rings. The first-order chi connectivity index (χ1) is 6.75. The summed E-state index contributed by atoms with van der Waals surface area (Å²) in [5, 5.41) is 0. The molecule has 0 N–H and O–H groups in total. The SMILES string of the molecule is C=C1CCCCCO/C1=C(C)/C=N\C. The number of hydrogen-bond donors (Lipinski definition) is 0. The summed E-state index contributed by atoms with van der Waals surface area (Å²) in [4.78, 5) is 4.00. The van der Waals surface area contributed by atoms with Gasteiger partial charge in [0, 0.05) is 18.8 Å². The van der Waals surface area contributed by atoms with Crippen LogP contribution in [0, 0.1) is 0 Å². The topological polar surface area (TPSA) is 21.6 Å². The van der Waals surface area contributed by atoms with Gasteiger partial charge in [0.2, 0.25) is 0 Å². The highest BCUT2D eigenvalue weighted by Crippen LogP contribution is 2.23. The van der Waals surface area contributed by atoms with E-state index in [2.05, 4.69) is 11.6 Å². The van der Waals surface area contributed by atoms with E-state index in [4.69, 9.17) is 4.74 Å². The average Bonchev–Trinajstić information content (AvgIpc) is 2.12. The van der Waals surface area contributed by atoms with Crippen molar-refractivity contribution in [1.82, 2.24) is 0 Å². The Morgan fingerprint density at radius 2 is 2.21 bits per heavy atom. The Morgan fingerprint density at radius 1 is 1.43 bits per heavy atom. The lowest BCUT2D eigenvalue weighted by Crippen LogP contribution is -2.05. The van der Waals surface area contributed by atoms with Crippen LogP contribution in [-0.4, -0.2) is 19.9 Å². The van der Waals surface area contributed by atoms with Crippen LogP contribution in [0.15, 0.2) is 28.5 Å². The molecule has 1 fully saturated rings. The van der Waals surface area contributed by atoms with Crippen molar-refractivity contribution in [2.75, 3.05) is 13.7 Å². The van der Waals surface area contributed by atoms with E-state index >= 15 is 0 Å². The van der Waals surface area contributed by atoms with Gasteiger partial charge in [0.1, 0.15) is 5.76 Å². The Labute approximate surface area is 86.4 Å². The molecule has 0 spiro atoms. The normalized spacial score (nSPS) is 22.9. The molecule has 2 nitrogen and oxygen atoms in total. The molecule has 0 unspecified atom stereocenters. The van der Waals surface area contributed by atoms with Crippen molar-refractivity contribution in [2.45, 2.75) is 32.6 Å². The van der Waals surface area contributed by atoms with Crippen molar-refractivity contribution in [2.24, 2.45) is 4.99 Å². The molecule has 1 aliphatic heterocycles. The number of aliphatic imine (C=N–C) groups is 1. The molecule has 0 bridgehead atoms. The van der Waals surface area contributed by atoms with Crippen molar-refractivity contribution in [3.05, 3.63) is 23.5 Å².